The molecule has 0 saturated heterocycles. The van der Waals surface area contributed by atoms with E-state index in [1.807, 2.05) is 42.5 Å². The van der Waals surface area contributed by atoms with Gasteiger partial charge in [0.2, 0.25) is 5.88 Å². The van der Waals surface area contributed by atoms with Gasteiger partial charge in [-0.15, -0.1) is 0 Å². The first-order valence-corrected chi connectivity index (χ1v) is 7.71. The molecule has 1 amide bonds. The number of pyridine rings is 1. The minimum absolute atomic E-state index is 0.213. The summed E-state index contributed by atoms with van der Waals surface area (Å²) in [6, 6.07) is 20.6. The van der Waals surface area contributed by atoms with Gasteiger partial charge in [0.15, 0.2) is 11.4 Å². The second-order valence-electron chi connectivity index (χ2n) is 5.64. The van der Waals surface area contributed by atoms with E-state index in [0.717, 1.165) is 10.8 Å². The van der Waals surface area contributed by atoms with Crippen molar-refractivity contribution in [1.29, 1.82) is 0 Å². The number of fused-ring (bicyclic) bond motifs is 2. The van der Waals surface area contributed by atoms with Gasteiger partial charge >= 0.3 is 0 Å². The van der Waals surface area contributed by atoms with Gasteiger partial charge in [-0.2, -0.15) is 0 Å². The normalized spacial score (nSPS) is 10.9. The van der Waals surface area contributed by atoms with Gasteiger partial charge in [-0.3, -0.25) is 4.79 Å². The van der Waals surface area contributed by atoms with E-state index < -0.39 is 5.91 Å². The first-order valence-electron chi connectivity index (χ1n) is 7.71. The summed E-state index contributed by atoms with van der Waals surface area (Å²) in [5.74, 6) is -0.254. The fourth-order valence-corrected chi connectivity index (χ4v) is 2.81. The predicted molar refractivity (Wildman–Crippen MR) is 95.9 cm³/mol. The van der Waals surface area contributed by atoms with Crippen LogP contribution in [0.5, 0.6) is 17.4 Å². The molecule has 0 aliphatic carbocycles. The lowest BCUT2D eigenvalue weighted by molar-refractivity contribution is 0.0992. The zero-order valence-electron chi connectivity index (χ0n) is 13.1. The minimum atomic E-state index is -0.813. The van der Waals surface area contributed by atoms with E-state index in [0.29, 0.717) is 16.5 Å². The summed E-state index contributed by atoms with van der Waals surface area (Å²) in [5, 5.41) is 13.4. The maximum Gasteiger partial charge on any atom is 0.271 e. The Balaban J connectivity index is 1.87. The fraction of sp³-hybridized carbons (Fsp3) is 0. The number of carbonyl (C=O) groups excluding carboxylic acids is 1. The van der Waals surface area contributed by atoms with Gasteiger partial charge in [0, 0.05) is 10.8 Å². The maximum absolute atomic E-state index is 11.6. The molecule has 25 heavy (non-hydrogen) atoms. The Bertz CT molecular complexity index is 1120. The van der Waals surface area contributed by atoms with E-state index in [4.69, 9.17) is 10.5 Å². The smallest absolute Gasteiger partial charge is 0.271 e. The van der Waals surface area contributed by atoms with E-state index in [2.05, 4.69) is 4.98 Å². The molecule has 0 saturated carbocycles. The van der Waals surface area contributed by atoms with Gasteiger partial charge in [-0.1, -0.05) is 48.5 Å². The van der Waals surface area contributed by atoms with Crippen LogP contribution in [0, 0.1) is 0 Å². The van der Waals surface area contributed by atoms with Gasteiger partial charge in [-0.05, 0) is 29.0 Å². The molecule has 0 atom stereocenters. The first-order chi connectivity index (χ1) is 12.1. The van der Waals surface area contributed by atoms with Crippen LogP contribution < -0.4 is 10.5 Å². The highest BCUT2D eigenvalue weighted by molar-refractivity contribution is 6.02. The zero-order valence-corrected chi connectivity index (χ0v) is 13.1. The number of nitrogens with zero attached hydrogens (tertiary/aromatic N) is 1. The topological polar surface area (TPSA) is 85.4 Å². The Kier molecular flexibility index (Phi) is 3.47. The molecule has 0 spiro atoms. The highest BCUT2D eigenvalue weighted by atomic mass is 16.5. The van der Waals surface area contributed by atoms with Crippen LogP contribution in [0.3, 0.4) is 0 Å². The summed E-state index contributed by atoms with van der Waals surface area (Å²) in [6.45, 7) is 0. The second kappa shape index (κ2) is 5.79. The molecule has 3 N–H and O–H groups in total. The molecule has 4 rings (SSSR count). The van der Waals surface area contributed by atoms with Gasteiger partial charge in [0.25, 0.3) is 5.91 Å². The Morgan fingerprint density at radius 2 is 1.60 bits per heavy atom. The van der Waals surface area contributed by atoms with Crippen LogP contribution in [-0.4, -0.2) is 16.0 Å². The molecule has 3 aromatic carbocycles. The third-order valence-electron chi connectivity index (χ3n) is 4.02. The number of nitrogens with two attached hydrogens (primary N) is 1. The number of hydrogen-bond acceptors (Lipinski definition) is 4. The summed E-state index contributed by atoms with van der Waals surface area (Å²) in [4.78, 5) is 15.7. The Hall–Kier alpha value is -3.60. The van der Waals surface area contributed by atoms with Crippen molar-refractivity contribution >= 4 is 27.5 Å². The van der Waals surface area contributed by atoms with Crippen LogP contribution in [0.25, 0.3) is 21.5 Å². The van der Waals surface area contributed by atoms with Crippen molar-refractivity contribution in [2.75, 3.05) is 0 Å². The number of amides is 1. The summed E-state index contributed by atoms with van der Waals surface area (Å²) in [5.41, 5.74) is 5.11. The van der Waals surface area contributed by atoms with Crippen LogP contribution in [0.1, 0.15) is 10.5 Å². The molecular formula is C20H14N2O3. The van der Waals surface area contributed by atoms with E-state index in [-0.39, 0.29) is 17.3 Å². The molecule has 122 valence electrons. The van der Waals surface area contributed by atoms with Crippen molar-refractivity contribution < 1.29 is 14.6 Å². The van der Waals surface area contributed by atoms with Crippen LogP contribution in [0.4, 0.5) is 0 Å². The number of carbonyl (C=O) groups is 1. The largest absolute Gasteiger partial charge is 0.505 e. The number of primary amides is 1. The molecule has 1 heterocycles. The molecule has 4 aromatic rings. The Labute approximate surface area is 143 Å². The van der Waals surface area contributed by atoms with Crippen molar-refractivity contribution in [1.82, 2.24) is 4.98 Å². The van der Waals surface area contributed by atoms with Crippen molar-refractivity contribution in [3.8, 4) is 17.4 Å². The van der Waals surface area contributed by atoms with E-state index in [1.54, 1.807) is 24.3 Å². The van der Waals surface area contributed by atoms with E-state index in [9.17, 15) is 9.90 Å². The molecule has 0 unspecified atom stereocenters. The highest BCUT2D eigenvalue weighted by Crippen LogP contribution is 2.35. The molecule has 1 aromatic heterocycles. The van der Waals surface area contributed by atoms with Crippen molar-refractivity contribution in [2.24, 2.45) is 5.73 Å². The van der Waals surface area contributed by atoms with Crippen LogP contribution >= 0.6 is 0 Å². The number of ether oxygens (including phenoxy) is 1. The van der Waals surface area contributed by atoms with Gasteiger partial charge in [0.05, 0.1) is 0 Å². The predicted octanol–water partition coefficient (Wildman–Crippen LogP) is 3.98. The Morgan fingerprint density at radius 1 is 0.920 bits per heavy atom. The number of benzene rings is 3. The average molecular weight is 330 g/mol. The van der Waals surface area contributed by atoms with Gasteiger partial charge in [0.1, 0.15) is 5.75 Å². The van der Waals surface area contributed by atoms with Crippen LogP contribution in [-0.2, 0) is 0 Å². The molecule has 0 aliphatic heterocycles. The number of rotatable bonds is 3. The molecule has 0 fully saturated rings. The monoisotopic (exact) mass is 330 g/mol. The van der Waals surface area contributed by atoms with Gasteiger partial charge in [-0.25, -0.2) is 4.98 Å². The molecule has 5 heteroatoms. The summed E-state index contributed by atoms with van der Waals surface area (Å²) in [6.07, 6.45) is 0. The third kappa shape index (κ3) is 2.61. The minimum Gasteiger partial charge on any atom is -0.505 e. The van der Waals surface area contributed by atoms with Crippen LogP contribution in [0.2, 0.25) is 0 Å². The van der Waals surface area contributed by atoms with Gasteiger partial charge < -0.3 is 15.6 Å². The quantitative estimate of drug-likeness (QED) is 0.595. The maximum atomic E-state index is 11.6. The molecular weight excluding hydrogens is 316 g/mol. The van der Waals surface area contributed by atoms with Crippen molar-refractivity contribution in [3.05, 3.63) is 72.4 Å². The molecule has 0 radical (unpaired) electrons. The third-order valence-corrected chi connectivity index (χ3v) is 4.02. The fourth-order valence-electron chi connectivity index (χ4n) is 2.81. The lowest BCUT2D eigenvalue weighted by Gasteiger charge is -2.12. The van der Waals surface area contributed by atoms with E-state index >= 15 is 0 Å². The zero-order chi connectivity index (χ0) is 17.4. The molecule has 0 bridgehead atoms. The van der Waals surface area contributed by atoms with Crippen molar-refractivity contribution in [2.45, 2.75) is 0 Å². The SMILES string of the molecule is NC(=O)c1nc(Oc2ccc3ccccc3c2)c2ccccc2c1O. The van der Waals surface area contributed by atoms with Crippen LogP contribution in [0.15, 0.2) is 66.7 Å². The molecule has 0 aliphatic rings. The first kappa shape index (κ1) is 15.0. The standard InChI is InChI=1S/C20H14N2O3/c21-19(24)17-18(23)15-7-3-4-8-16(15)20(22-17)25-14-10-9-12-5-1-2-6-13(12)11-14/h1-11,23H,(H2,21,24). The van der Waals surface area contributed by atoms with Crippen molar-refractivity contribution in [3.63, 3.8) is 0 Å². The highest BCUT2D eigenvalue weighted by Gasteiger charge is 2.18. The number of aromatic hydroxyl groups is 1. The average Bonchev–Trinajstić information content (AvgIpc) is 2.64. The lowest BCUT2D eigenvalue weighted by atomic mass is 10.1. The Morgan fingerprint density at radius 3 is 2.36 bits per heavy atom. The molecule has 5 nitrogen and oxygen atoms in total. The van der Waals surface area contributed by atoms with E-state index in [1.165, 1.54) is 0 Å². The lowest BCUT2D eigenvalue weighted by Crippen LogP contribution is -2.14. The summed E-state index contributed by atoms with van der Waals surface area (Å²) in [7, 11) is 0. The second-order valence-corrected chi connectivity index (χ2v) is 5.64. The summed E-state index contributed by atoms with van der Waals surface area (Å²) < 4.78 is 5.92. The number of hydrogen-bond donors (Lipinski definition) is 2. The number of aromatic nitrogens is 1. The summed E-state index contributed by atoms with van der Waals surface area (Å²) >= 11 is 0.